The van der Waals surface area contributed by atoms with Gasteiger partial charge in [-0.15, -0.1) is 0 Å². The molecule has 1 heterocycles. The first-order valence-electron chi connectivity index (χ1n) is 16.0. The first kappa shape index (κ1) is 37.1. The minimum atomic E-state index is -3.85. The van der Waals surface area contributed by atoms with Crippen LogP contribution in [-0.4, -0.2) is 77.7 Å². The van der Waals surface area contributed by atoms with Gasteiger partial charge in [0.05, 0.1) is 11.7 Å². The summed E-state index contributed by atoms with van der Waals surface area (Å²) in [6.07, 6.45) is 4.75. The van der Waals surface area contributed by atoms with E-state index in [4.69, 9.17) is 5.73 Å². The first-order chi connectivity index (χ1) is 22.8. The van der Waals surface area contributed by atoms with Crippen molar-refractivity contribution in [3.63, 3.8) is 0 Å². The Morgan fingerprint density at radius 2 is 1.71 bits per heavy atom. The number of aromatic amines is 1. The number of aliphatic carboxylic acids is 1. The van der Waals surface area contributed by atoms with Crippen LogP contribution in [0.25, 0.3) is 10.9 Å². The maximum Gasteiger partial charge on any atom is 0.326 e. The van der Waals surface area contributed by atoms with Crippen LogP contribution in [0.3, 0.4) is 0 Å². The second-order valence-electron chi connectivity index (χ2n) is 12.6. The number of para-hydroxylation sites is 1. The molecule has 0 radical (unpaired) electrons. The number of H-pyrrole nitrogens is 1. The van der Waals surface area contributed by atoms with E-state index in [0.717, 1.165) is 17.2 Å². The van der Waals surface area contributed by atoms with E-state index in [1.807, 2.05) is 24.3 Å². The van der Waals surface area contributed by atoms with Crippen molar-refractivity contribution in [1.29, 1.82) is 0 Å². The lowest BCUT2D eigenvalue weighted by Gasteiger charge is -2.43. The van der Waals surface area contributed by atoms with Gasteiger partial charge in [0.1, 0.15) is 17.7 Å². The number of unbranched alkanes of at least 4 members (excludes halogenated alkanes) is 1. The van der Waals surface area contributed by atoms with Crippen molar-refractivity contribution in [2.24, 2.45) is 11.1 Å². The van der Waals surface area contributed by atoms with Crippen LogP contribution in [0, 0.1) is 5.41 Å². The highest BCUT2D eigenvalue weighted by Gasteiger charge is 2.58. The van der Waals surface area contributed by atoms with Crippen LogP contribution >= 0.6 is 8.46 Å². The SMILES string of the molecule is CS(=O)(=O)N[C@@H](CCCCN)C(=O)N[C@@](O)(Cc1ccccc1)C(P=O)C1(C(=O)N[C@@H](Cc2c[nH]c3ccccc23)C(=O)O)CCCC1. The number of aromatic nitrogens is 1. The average Bonchev–Trinajstić information content (AvgIpc) is 3.69. The normalized spacial score (nSPS) is 17.7. The molecule has 3 aromatic rings. The van der Waals surface area contributed by atoms with Crippen LogP contribution in [0.5, 0.6) is 0 Å². The van der Waals surface area contributed by atoms with E-state index in [0.29, 0.717) is 43.4 Å². The van der Waals surface area contributed by atoms with Gasteiger partial charge in [0, 0.05) is 29.9 Å². The molecule has 1 unspecified atom stereocenters. The Kier molecular flexibility index (Phi) is 12.5. The third-order valence-corrected chi connectivity index (χ3v) is 10.9. The van der Waals surface area contributed by atoms with Crippen molar-refractivity contribution < 1.29 is 37.6 Å². The molecule has 1 aromatic heterocycles. The number of nitrogens with one attached hydrogen (secondary N) is 4. The predicted octanol–water partition coefficient (Wildman–Crippen LogP) is 2.59. The Labute approximate surface area is 281 Å². The Morgan fingerprint density at radius 3 is 2.33 bits per heavy atom. The number of sulfonamides is 1. The molecule has 15 heteroatoms. The van der Waals surface area contributed by atoms with Gasteiger partial charge in [-0.05, 0) is 49.4 Å². The summed E-state index contributed by atoms with van der Waals surface area (Å²) in [5.74, 6) is -2.83. The fourth-order valence-electron chi connectivity index (χ4n) is 6.71. The molecule has 4 atom stereocenters. The summed E-state index contributed by atoms with van der Waals surface area (Å²) in [4.78, 5) is 43.7. The summed E-state index contributed by atoms with van der Waals surface area (Å²) in [6, 6.07) is 13.4. The van der Waals surface area contributed by atoms with Gasteiger partial charge < -0.3 is 31.6 Å². The number of carboxylic acid groups (broad SMARTS) is 1. The van der Waals surface area contributed by atoms with E-state index in [9.17, 15) is 37.6 Å². The van der Waals surface area contributed by atoms with Crippen molar-refractivity contribution >= 4 is 47.2 Å². The summed E-state index contributed by atoms with van der Waals surface area (Å²) in [5, 5.41) is 28.7. The molecule has 1 aliphatic rings. The summed E-state index contributed by atoms with van der Waals surface area (Å²) >= 11 is 0. The first-order valence-corrected chi connectivity index (χ1v) is 18.8. The van der Waals surface area contributed by atoms with Gasteiger partial charge in [-0.2, -0.15) is 0 Å². The smallest absolute Gasteiger partial charge is 0.326 e. The fraction of sp³-hybridized carbons (Fsp3) is 0.485. The number of carbonyl (C=O) groups excluding carboxylic acids is 2. The molecule has 2 amide bonds. The molecule has 1 fully saturated rings. The molecule has 1 aliphatic carbocycles. The predicted molar refractivity (Wildman–Crippen MR) is 182 cm³/mol. The highest BCUT2D eigenvalue weighted by molar-refractivity contribution is 7.88. The molecule has 48 heavy (non-hydrogen) atoms. The zero-order valence-electron chi connectivity index (χ0n) is 26.9. The third-order valence-electron chi connectivity index (χ3n) is 9.01. The molecule has 2 aromatic carbocycles. The lowest BCUT2D eigenvalue weighted by atomic mass is 9.75. The molecule has 0 aliphatic heterocycles. The maximum atomic E-state index is 14.3. The molecule has 8 N–H and O–H groups in total. The number of aliphatic hydroxyl groups is 1. The topological polar surface area (TPSA) is 221 Å². The number of nitrogens with two attached hydrogens (primary N) is 1. The standard InChI is InChI=1S/C33H44N5O8PS/c1-48(45,46)38-26(15-7-10-18-34)28(39)37-33(43,20-22-11-3-2-4-12-22)30(47-44)32(16-8-9-17-32)31(42)36-27(29(40)41)19-23-21-35-25-14-6-5-13-24(23)25/h2-6,11-14,21,26-27,30,35,38,43H,7-10,15-20,34H2,1H3,(H,36,42)(H,37,39)(H,40,41)/t26-,27-,30?,33+/m0/s1. The van der Waals surface area contributed by atoms with Gasteiger partial charge >= 0.3 is 5.97 Å². The van der Waals surface area contributed by atoms with Crippen LogP contribution in [-0.2, 0) is 41.8 Å². The van der Waals surface area contributed by atoms with Crippen molar-refractivity contribution in [2.45, 2.75) is 81.3 Å². The molecule has 0 spiro atoms. The molecule has 0 bridgehead atoms. The summed E-state index contributed by atoms with van der Waals surface area (Å²) < 4.78 is 39.9. The number of carboxylic acids is 1. The van der Waals surface area contributed by atoms with E-state index < -0.39 is 65.1 Å². The van der Waals surface area contributed by atoms with Gasteiger partial charge in [0.15, 0.2) is 14.2 Å². The van der Waals surface area contributed by atoms with Crippen molar-refractivity contribution in [3.05, 3.63) is 71.9 Å². The zero-order valence-corrected chi connectivity index (χ0v) is 28.6. The molecular weight excluding hydrogens is 657 g/mol. The maximum absolute atomic E-state index is 14.3. The fourth-order valence-corrected chi connectivity index (χ4v) is 8.36. The lowest BCUT2D eigenvalue weighted by molar-refractivity contribution is -0.146. The van der Waals surface area contributed by atoms with E-state index in [-0.39, 0.29) is 32.1 Å². The van der Waals surface area contributed by atoms with E-state index in [1.165, 1.54) is 0 Å². The summed E-state index contributed by atoms with van der Waals surface area (Å²) in [5.41, 5.74) is 2.38. The number of fused-ring (bicyclic) bond motifs is 1. The molecule has 260 valence electrons. The van der Waals surface area contributed by atoms with Crippen LogP contribution in [0.1, 0.15) is 56.1 Å². The minimum Gasteiger partial charge on any atom is -0.480 e. The molecule has 1 saturated carbocycles. The van der Waals surface area contributed by atoms with Crippen LogP contribution in [0.4, 0.5) is 0 Å². The number of amides is 2. The average molecular weight is 702 g/mol. The van der Waals surface area contributed by atoms with E-state index in [1.54, 1.807) is 36.5 Å². The third kappa shape index (κ3) is 9.06. The van der Waals surface area contributed by atoms with Crippen LogP contribution < -0.4 is 21.1 Å². The van der Waals surface area contributed by atoms with Gasteiger partial charge in [-0.25, -0.2) is 17.9 Å². The van der Waals surface area contributed by atoms with E-state index in [2.05, 4.69) is 20.3 Å². The highest BCUT2D eigenvalue weighted by Crippen LogP contribution is 2.50. The van der Waals surface area contributed by atoms with Crippen molar-refractivity contribution in [3.8, 4) is 0 Å². The number of hydrogen-bond acceptors (Lipinski definition) is 8. The molecular formula is C33H44N5O8PS. The Hall–Kier alpha value is -3.68. The van der Waals surface area contributed by atoms with Gasteiger partial charge in [-0.1, -0.05) is 67.8 Å². The monoisotopic (exact) mass is 701 g/mol. The Morgan fingerprint density at radius 1 is 1.04 bits per heavy atom. The van der Waals surface area contributed by atoms with Crippen LogP contribution in [0.2, 0.25) is 0 Å². The van der Waals surface area contributed by atoms with Crippen LogP contribution in [0.15, 0.2) is 60.8 Å². The second-order valence-corrected chi connectivity index (χ2v) is 15.1. The Balaban J connectivity index is 1.69. The molecule has 0 saturated heterocycles. The van der Waals surface area contributed by atoms with Gasteiger partial charge in [0.2, 0.25) is 21.8 Å². The van der Waals surface area contributed by atoms with Gasteiger partial charge in [0.25, 0.3) is 0 Å². The van der Waals surface area contributed by atoms with Crippen molar-refractivity contribution in [1.82, 2.24) is 20.3 Å². The number of rotatable bonds is 18. The minimum absolute atomic E-state index is 0.0341. The number of hydrogen-bond donors (Lipinski definition) is 7. The second kappa shape index (κ2) is 16.1. The molecule has 4 rings (SSSR count). The van der Waals surface area contributed by atoms with Crippen molar-refractivity contribution in [2.75, 3.05) is 12.8 Å². The van der Waals surface area contributed by atoms with Gasteiger partial charge in [-0.3, -0.25) is 14.2 Å². The zero-order chi connectivity index (χ0) is 35.0. The number of carbonyl (C=O) groups is 3. The summed E-state index contributed by atoms with van der Waals surface area (Å²) in [7, 11) is -4.52. The summed E-state index contributed by atoms with van der Waals surface area (Å²) in [6.45, 7) is 0.331. The highest BCUT2D eigenvalue weighted by atomic mass is 32.2. The quantitative estimate of drug-likeness (QED) is 0.0588. The number of benzene rings is 2. The Bertz CT molecular complexity index is 1700. The molecule has 13 nitrogen and oxygen atoms in total. The lowest BCUT2D eigenvalue weighted by Crippen LogP contribution is -2.66. The largest absolute Gasteiger partial charge is 0.480 e. The van der Waals surface area contributed by atoms with E-state index >= 15 is 0 Å².